The van der Waals surface area contributed by atoms with Crippen molar-refractivity contribution < 1.29 is 23.2 Å². The minimum Gasteiger partial charge on any atom is -0.293 e. The van der Waals surface area contributed by atoms with Gasteiger partial charge in [0.1, 0.15) is 0 Å². The van der Waals surface area contributed by atoms with Gasteiger partial charge in [-0.05, 0) is 35.2 Å². The number of nitrogens with one attached hydrogen (secondary N) is 1. The SMILES string of the molecule is CC1CN(Cc2ccc(C(F)(F)F)cc2)Cc2sc(C(=O)NO)cc21. The van der Waals surface area contributed by atoms with Gasteiger partial charge in [0.25, 0.3) is 5.91 Å². The molecule has 1 amide bonds. The minimum absolute atomic E-state index is 0.203. The van der Waals surface area contributed by atoms with E-state index in [4.69, 9.17) is 5.21 Å². The van der Waals surface area contributed by atoms with Crippen molar-refractivity contribution in [2.75, 3.05) is 6.54 Å². The van der Waals surface area contributed by atoms with Crippen LogP contribution in [0, 0.1) is 0 Å². The molecule has 4 nitrogen and oxygen atoms in total. The Balaban J connectivity index is 1.73. The fourth-order valence-corrected chi connectivity index (χ4v) is 4.30. The predicted octanol–water partition coefficient (Wildman–Crippen LogP) is 4.01. The lowest BCUT2D eigenvalue weighted by Gasteiger charge is -2.31. The Hall–Kier alpha value is -1.90. The van der Waals surface area contributed by atoms with Crippen molar-refractivity contribution in [3.63, 3.8) is 0 Å². The van der Waals surface area contributed by atoms with Crippen LogP contribution in [0.1, 0.15) is 44.1 Å². The van der Waals surface area contributed by atoms with Crippen LogP contribution in [0.25, 0.3) is 0 Å². The molecule has 1 aromatic carbocycles. The highest BCUT2D eigenvalue weighted by atomic mass is 32.1. The second kappa shape index (κ2) is 6.78. The van der Waals surface area contributed by atoms with Crippen molar-refractivity contribution in [1.82, 2.24) is 10.4 Å². The van der Waals surface area contributed by atoms with Gasteiger partial charge < -0.3 is 0 Å². The summed E-state index contributed by atoms with van der Waals surface area (Å²) in [7, 11) is 0. The highest BCUT2D eigenvalue weighted by molar-refractivity contribution is 7.14. The monoisotopic (exact) mass is 370 g/mol. The Bertz CT molecular complexity index is 771. The number of alkyl halides is 3. The Morgan fingerprint density at radius 1 is 1.36 bits per heavy atom. The lowest BCUT2D eigenvalue weighted by Crippen LogP contribution is -2.31. The summed E-state index contributed by atoms with van der Waals surface area (Å²) in [4.78, 5) is 15.2. The van der Waals surface area contributed by atoms with E-state index in [1.165, 1.54) is 23.5 Å². The molecule has 0 aliphatic carbocycles. The van der Waals surface area contributed by atoms with Crippen LogP contribution < -0.4 is 5.48 Å². The number of benzene rings is 1. The van der Waals surface area contributed by atoms with E-state index in [9.17, 15) is 18.0 Å². The molecule has 0 saturated carbocycles. The van der Waals surface area contributed by atoms with Crippen LogP contribution in [0.4, 0.5) is 13.2 Å². The molecule has 2 heterocycles. The number of thiophene rings is 1. The molecule has 8 heteroatoms. The molecular weight excluding hydrogens is 353 g/mol. The molecule has 2 aromatic rings. The van der Waals surface area contributed by atoms with Gasteiger partial charge in [0.15, 0.2) is 0 Å². The van der Waals surface area contributed by atoms with E-state index in [2.05, 4.69) is 4.90 Å². The fraction of sp³-hybridized carbons (Fsp3) is 0.353. The van der Waals surface area contributed by atoms with Crippen LogP contribution in [0.15, 0.2) is 30.3 Å². The molecule has 1 aliphatic heterocycles. The van der Waals surface area contributed by atoms with Crippen molar-refractivity contribution in [1.29, 1.82) is 0 Å². The Kier molecular flexibility index (Phi) is 4.86. The summed E-state index contributed by atoms with van der Waals surface area (Å²) in [5.41, 5.74) is 2.89. The smallest absolute Gasteiger partial charge is 0.293 e. The number of rotatable bonds is 3. The third-order valence-corrected chi connectivity index (χ3v) is 5.42. The lowest BCUT2D eigenvalue weighted by molar-refractivity contribution is -0.137. The highest BCUT2D eigenvalue weighted by Crippen LogP contribution is 2.35. The second-order valence-electron chi connectivity index (χ2n) is 6.20. The van der Waals surface area contributed by atoms with E-state index in [0.717, 1.165) is 34.7 Å². The summed E-state index contributed by atoms with van der Waals surface area (Å²) in [5, 5.41) is 8.76. The fourth-order valence-electron chi connectivity index (χ4n) is 3.08. The number of nitrogens with zero attached hydrogens (tertiary/aromatic N) is 1. The second-order valence-corrected chi connectivity index (χ2v) is 7.33. The first kappa shape index (κ1) is 17.9. The molecule has 1 aromatic heterocycles. The van der Waals surface area contributed by atoms with Gasteiger partial charge in [0, 0.05) is 24.5 Å². The van der Waals surface area contributed by atoms with Gasteiger partial charge in [-0.15, -0.1) is 11.3 Å². The Morgan fingerprint density at radius 3 is 2.64 bits per heavy atom. The summed E-state index contributed by atoms with van der Waals surface area (Å²) in [6.07, 6.45) is -4.33. The number of hydrogen-bond acceptors (Lipinski definition) is 4. The lowest BCUT2D eigenvalue weighted by atomic mass is 9.96. The zero-order chi connectivity index (χ0) is 18.2. The first-order chi connectivity index (χ1) is 11.8. The van der Waals surface area contributed by atoms with Gasteiger partial charge in [-0.25, -0.2) is 5.48 Å². The van der Waals surface area contributed by atoms with Crippen molar-refractivity contribution in [2.24, 2.45) is 0 Å². The number of hydrogen-bond donors (Lipinski definition) is 2. The molecule has 0 radical (unpaired) electrons. The number of hydroxylamine groups is 1. The van der Waals surface area contributed by atoms with E-state index in [1.54, 1.807) is 11.5 Å². The summed E-state index contributed by atoms with van der Waals surface area (Å²) in [5.74, 6) is -0.324. The topological polar surface area (TPSA) is 52.6 Å². The van der Waals surface area contributed by atoms with Gasteiger partial charge in [-0.2, -0.15) is 13.2 Å². The van der Waals surface area contributed by atoms with E-state index in [0.29, 0.717) is 18.0 Å². The maximum Gasteiger partial charge on any atom is 0.416 e. The average molecular weight is 370 g/mol. The Labute approximate surface area is 146 Å². The van der Waals surface area contributed by atoms with E-state index >= 15 is 0 Å². The van der Waals surface area contributed by atoms with Crippen molar-refractivity contribution in [3.05, 3.63) is 56.8 Å². The molecule has 0 saturated heterocycles. The van der Waals surface area contributed by atoms with Crippen molar-refractivity contribution >= 4 is 17.2 Å². The largest absolute Gasteiger partial charge is 0.416 e. The van der Waals surface area contributed by atoms with E-state index < -0.39 is 17.6 Å². The molecule has 25 heavy (non-hydrogen) atoms. The number of fused-ring (bicyclic) bond motifs is 1. The van der Waals surface area contributed by atoms with Crippen LogP contribution in [0.5, 0.6) is 0 Å². The predicted molar refractivity (Wildman–Crippen MR) is 87.5 cm³/mol. The quantitative estimate of drug-likeness (QED) is 0.634. The molecule has 2 N–H and O–H groups in total. The molecule has 3 rings (SSSR count). The first-order valence-electron chi connectivity index (χ1n) is 7.73. The summed E-state index contributed by atoms with van der Waals surface area (Å²) in [6.45, 7) is 3.97. The van der Waals surface area contributed by atoms with Gasteiger partial charge in [0.05, 0.1) is 10.4 Å². The zero-order valence-electron chi connectivity index (χ0n) is 13.4. The third kappa shape index (κ3) is 3.86. The summed E-state index contributed by atoms with van der Waals surface area (Å²) >= 11 is 1.33. The normalized spacial score (nSPS) is 18.0. The first-order valence-corrected chi connectivity index (χ1v) is 8.55. The van der Waals surface area contributed by atoms with E-state index in [1.807, 2.05) is 6.92 Å². The average Bonchev–Trinajstić information content (AvgIpc) is 2.98. The highest BCUT2D eigenvalue weighted by Gasteiger charge is 2.30. The molecule has 0 fully saturated rings. The third-order valence-electron chi connectivity index (χ3n) is 4.28. The molecular formula is C17H17F3N2O2S. The molecule has 1 aliphatic rings. The number of carbonyl (C=O) groups is 1. The summed E-state index contributed by atoms with van der Waals surface area (Å²) in [6, 6.07) is 7.00. The van der Waals surface area contributed by atoms with Gasteiger partial charge >= 0.3 is 6.18 Å². The van der Waals surface area contributed by atoms with Gasteiger partial charge in [0.2, 0.25) is 0 Å². The summed E-state index contributed by atoms with van der Waals surface area (Å²) < 4.78 is 37.9. The van der Waals surface area contributed by atoms with Gasteiger partial charge in [-0.3, -0.25) is 14.9 Å². The minimum atomic E-state index is -4.33. The molecule has 134 valence electrons. The molecule has 0 bridgehead atoms. The number of halogens is 3. The molecule has 1 unspecified atom stereocenters. The van der Waals surface area contributed by atoms with Crippen LogP contribution in [-0.4, -0.2) is 22.6 Å². The Morgan fingerprint density at radius 2 is 2.04 bits per heavy atom. The van der Waals surface area contributed by atoms with Crippen LogP contribution >= 0.6 is 11.3 Å². The van der Waals surface area contributed by atoms with E-state index in [-0.39, 0.29) is 5.92 Å². The van der Waals surface area contributed by atoms with Crippen molar-refractivity contribution in [2.45, 2.75) is 32.1 Å². The number of amides is 1. The van der Waals surface area contributed by atoms with Crippen LogP contribution in [0.3, 0.4) is 0 Å². The number of carbonyl (C=O) groups excluding carboxylic acids is 1. The van der Waals surface area contributed by atoms with Crippen LogP contribution in [-0.2, 0) is 19.3 Å². The molecule has 1 atom stereocenters. The standard InChI is InChI=1S/C17H17F3N2O2S/c1-10-7-22(8-11-2-4-12(5-3-11)17(18,19)20)9-15-13(10)6-14(25-15)16(23)21-24/h2-6,10,24H,7-9H2,1H3,(H,21,23). The van der Waals surface area contributed by atoms with Gasteiger partial charge in [-0.1, -0.05) is 19.1 Å². The zero-order valence-corrected chi connectivity index (χ0v) is 14.2. The van der Waals surface area contributed by atoms with Crippen LogP contribution in [0.2, 0.25) is 0 Å². The molecule has 0 spiro atoms. The maximum atomic E-state index is 12.6. The maximum absolute atomic E-state index is 12.6. The van der Waals surface area contributed by atoms with Crippen molar-refractivity contribution in [3.8, 4) is 0 Å².